The van der Waals surface area contributed by atoms with Gasteiger partial charge in [0.15, 0.2) is 5.96 Å². The van der Waals surface area contributed by atoms with Crippen LogP contribution in [0, 0.1) is 6.92 Å². The predicted octanol–water partition coefficient (Wildman–Crippen LogP) is 3.37. The average Bonchev–Trinajstić information content (AvgIpc) is 3.16. The number of hydrogen-bond acceptors (Lipinski definition) is 3. The van der Waals surface area contributed by atoms with Crippen molar-refractivity contribution >= 4 is 5.96 Å². The van der Waals surface area contributed by atoms with Gasteiger partial charge in [-0.25, -0.2) is 4.98 Å². The number of benzene rings is 2. The monoisotopic (exact) mass is 391 g/mol. The molecule has 1 aromatic heterocycles. The highest BCUT2D eigenvalue weighted by atomic mass is 16.5. The molecule has 0 aliphatic heterocycles. The summed E-state index contributed by atoms with van der Waals surface area (Å²) in [7, 11) is 1.76. The summed E-state index contributed by atoms with van der Waals surface area (Å²) in [6.45, 7) is 6.13. The Balaban J connectivity index is 1.48. The fraction of sp³-hybridized carbons (Fsp3) is 0.304. The van der Waals surface area contributed by atoms with Crippen LogP contribution in [0.3, 0.4) is 0 Å². The van der Waals surface area contributed by atoms with Gasteiger partial charge in [0.2, 0.25) is 0 Å². The number of aliphatic imine (C=N–C) groups is 1. The lowest BCUT2D eigenvalue weighted by Gasteiger charge is -2.18. The van der Waals surface area contributed by atoms with E-state index in [4.69, 9.17) is 4.74 Å². The molecule has 0 bridgehead atoms. The number of hydrogen-bond donors (Lipinski definition) is 2. The topological polar surface area (TPSA) is 63.5 Å². The van der Waals surface area contributed by atoms with Crippen LogP contribution in [0.4, 0.5) is 0 Å². The summed E-state index contributed by atoms with van der Waals surface area (Å²) >= 11 is 0. The number of nitrogens with one attached hydrogen (secondary N) is 2. The Morgan fingerprint density at radius 3 is 2.72 bits per heavy atom. The smallest absolute Gasteiger partial charge is 0.191 e. The van der Waals surface area contributed by atoms with Crippen molar-refractivity contribution in [2.75, 3.05) is 13.6 Å². The molecule has 0 aliphatic carbocycles. The molecular weight excluding hydrogens is 362 g/mol. The number of imidazole rings is 1. The first-order valence-corrected chi connectivity index (χ1v) is 9.86. The van der Waals surface area contributed by atoms with Crippen LogP contribution >= 0.6 is 0 Å². The zero-order valence-electron chi connectivity index (χ0n) is 17.3. The number of aryl methyl sites for hydroxylation is 1. The normalized spacial score (nSPS) is 12.4. The molecule has 1 unspecified atom stereocenters. The Bertz CT molecular complexity index is 920. The number of ether oxygens (including phenoxy) is 1. The van der Waals surface area contributed by atoms with Crippen LogP contribution in [-0.2, 0) is 13.1 Å². The highest BCUT2D eigenvalue weighted by Crippen LogP contribution is 2.13. The van der Waals surface area contributed by atoms with Gasteiger partial charge in [0.25, 0.3) is 0 Å². The van der Waals surface area contributed by atoms with Crippen molar-refractivity contribution in [2.24, 2.45) is 4.99 Å². The van der Waals surface area contributed by atoms with Crippen LogP contribution in [0.15, 0.2) is 72.0 Å². The SMILES string of the molecule is CN=C(NCc1nccn1Cc1ccccc1)NCC(C)Oc1cccc(C)c1. The first-order valence-electron chi connectivity index (χ1n) is 9.86. The minimum Gasteiger partial charge on any atom is -0.489 e. The quantitative estimate of drug-likeness (QED) is 0.456. The second-order valence-corrected chi connectivity index (χ2v) is 7.01. The predicted molar refractivity (Wildman–Crippen MR) is 117 cm³/mol. The highest BCUT2D eigenvalue weighted by Gasteiger charge is 2.08. The van der Waals surface area contributed by atoms with E-state index in [1.54, 1.807) is 7.05 Å². The molecule has 0 saturated heterocycles. The second-order valence-electron chi connectivity index (χ2n) is 7.01. The summed E-state index contributed by atoms with van der Waals surface area (Å²) in [5, 5.41) is 6.64. The van der Waals surface area contributed by atoms with Gasteiger partial charge in [-0.2, -0.15) is 0 Å². The summed E-state index contributed by atoms with van der Waals surface area (Å²) in [6.07, 6.45) is 3.83. The van der Waals surface area contributed by atoms with Crippen molar-refractivity contribution in [3.63, 3.8) is 0 Å². The van der Waals surface area contributed by atoms with Crippen LogP contribution < -0.4 is 15.4 Å². The van der Waals surface area contributed by atoms with E-state index in [2.05, 4.69) is 62.4 Å². The lowest BCUT2D eigenvalue weighted by Crippen LogP contribution is -2.41. The third-order valence-corrected chi connectivity index (χ3v) is 4.52. The zero-order valence-corrected chi connectivity index (χ0v) is 17.3. The van der Waals surface area contributed by atoms with Gasteiger partial charge in [0, 0.05) is 26.0 Å². The largest absolute Gasteiger partial charge is 0.489 e. The van der Waals surface area contributed by atoms with Crippen LogP contribution in [0.5, 0.6) is 5.75 Å². The fourth-order valence-electron chi connectivity index (χ4n) is 3.02. The molecule has 1 atom stereocenters. The Kier molecular flexibility index (Phi) is 7.28. The first-order chi connectivity index (χ1) is 14.1. The third-order valence-electron chi connectivity index (χ3n) is 4.52. The summed E-state index contributed by atoms with van der Waals surface area (Å²) in [5.74, 6) is 2.56. The maximum Gasteiger partial charge on any atom is 0.191 e. The van der Waals surface area contributed by atoms with Gasteiger partial charge in [-0.15, -0.1) is 0 Å². The molecule has 3 rings (SSSR count). The lowest BCUT2D eigenvalue weighted by atomic mass is 10.2. The number of nitrogens with zero attached hydrogens (tertiary/aromatic N) is 3. The van der Waals surface area contributed by atoms with E-state index in [1.807, 2.05) is 43.6 Å². The van der Waals surface area contributed by atoms with Gasteiger partial charge in [0.1, 0.15) is 17.7 Å². The number of guanidine groups is 1. The molecule has 152 valence electrons. The van der Waals surface area contributed by atoms with Crippen LogP contribution in [-0.4, -0.2) is 35.2 Å². The maximum absolute atomic E-state index is 5.96. The molecular formula is C23H29N5O. The van der Waals surface area contributed by atoms with E-state index in [-0.39, 0.29) is 6.10 Å². The van der Waals surface area contributed by atoms with E-state index < -0.39 is 0 Å². The molecule has 0 spiro atoms. The molecule has 1 heterocycles. The molecule has 6 heteroatoms. The van der Waals surface area contributed by atoms with Crippen LogP contribution in [0.2, 0.25) is 0 Å². The van der Waals surface area contributed by atoms with E-state index >= 15 is 0 Å². The average molecular weight is 392 g/mol. The van der Waals surface area contributed by atoms with Crippen molar-refractivity contribution < 1.29 is 4.74 Å². The molecule has 0 saturated carbocycles. The van der Waals surface area contributed by atoms with Crippen LogP contribution in [0.1, 0.15) is 23.9 Å². The zero-order chi connectivity index (χ0) is 20.5. The van der Waals surface area contributed by atoms with Crippen molar-refractivity contribution in [1.29, 1.82) is 0 Å². The molecule has 0 amide bonds. The summed E-state index contributed by atoms with van der Waals surface area (Å²) in [4.78, 5) is 8.77. The second kappa shape index (κ2) is 10.3. The molecule has 0 fully saturated rings. The summed E-state index contributed by atoms with van der Waals surface area (Å²) in [5.41, 5.74) is 2.43. The Hall–Kier alpha value is -3.28. The third kappa shape index (κ3) is 6.38. The van der Waals surface area contributed by atoms with Gasteiger partial charge in [-0.3, -0.25) is 4.99 Å². The lowest BCUT2D eigenvalue weighted by molar-refractivity contribution is 0.223. The van der Waals surface area contributed by atoms with Crippen molar-refractivity contribution in [1.82, 2.24) is 20.2 Å². The minimum atomic E-state index is 0.00965. The van der Waals surface area contributed by atoms with Gasteiger partial charge < -0.3 is 19.9 Å². The molecule has 2 N–H and O–H groups in total. The van der Waals surface area contributed by atoms with Gasteiger partial charge in [-0.05, 0) is 37.1 Å². The molecule has 2 aromatic carbocycles. The molecule has 3 aromatic rings. The van der Waals surface area contributed by atoms with Crippen molar-refractivity contribution in [3.8, 4) is 5.75 Å². The van der Waals surface area contributed by atoms with Gasteiger partial charge in [0.05, 0.1) is 13.1 Å². The van der Waals surface area contributed by atoms with E-state index in [0.29, 0.717) is 13.1 Å². The Morgan fingerprint density at radius 1 is 1.14 bits per heavy atom. The molecule has 0 aliphatic rings. The maximum atomic E-state index is 5.96. The van der Waals surface area contributed by atoms with Crippen molar-refractivity contribution in [3.05, 3.63) is 83.9 Å². The summed E-state index contributed by atoms with van der Waals surface area (Å²) in [6, 6.07) is 18.4. The molecule has 6 nitrogen and oxygen atoms in total. The molecule has 0 radical (unpaired) electrons. The van der Waals surface area contributed by atoms with Crippen molar-refractivity contribution in [2.45, 2.75) is 33.0 Å². The Labute approximate surface area is 172 Å². The standard InChI is InChI=1S/C23H29N5O/c1-18-8-7-11-21(14-18)29-19(2)15-26-23(24-3)27-16-22-25-12-13-28(22)17-20-9-5-4-6-10-20/h4-14,19H,15-17H2,1-3H3,(H2,24,26,27). The molecule has 29 heavy (non-hydrogen) atoms. The van der Waals surface area contributed by atoms with Gasteiger partial charge in [-0.1, -0.05) is 42.5 Å². The highest BCUT2D eigenvalue weighted by molar-refractivity contribution is 5.79. The minimum absolute atomic E-state index is 0.00965. The van der Waals surface area contributed by atoms with E-state index in [9.17, 15) is 0 Å². The van der Waals surface area contributed by atoms with Crippen LogP contribution in [0.25, 0.3) is 0 Å². The number of aromatic nitrogens is 2. The van der Waals surface area contributed by atoms with Gasteiger partial charge >= 0.3 is 0 Å². The van der Waals surface area contributed by atoms with E-state index in [0.717, 1.165) is 24.1 Å². The first kappa shape index (κ1) is 20.5. The fourth-order valence-corrected chi connectivity index (χ4v) is 3.02. The Morgan fingerprint density at radius 2 is 1.97 bits per heavy atom. The number of rotatable bonds is 8. The van der Waals surface area contributed by atoms with E-state index in [1.165, 1.54) is 11.1 Å². The summed E-state index contributed by atoms with van der Waals surface area (Å²) < 4.78 is 8.10.